The summed E-state index contributed by atoms with van der Waals surface area (Å²) in [6.07, 6.45) is 4.35. The van der Waals surface area contributed by atoms with Crippen molar-refractivity contribution < 1.29 is 9.53 Å². The van der Waals surface area contributed by atoms with Crippen LogP contribution >= 0.6 is 23.2 Å². The normalized spacial score (nSPS) is 12.5. The van der Waals surface area contributed by atoms with Crippen molar-refractivity contribution in [3.05, 3.63) is 70.2 Å². The minimum Gasteiger partial charge on any atom is -0.479 e. The molecule has 2 rings (SSSR count). The number of hydrogen-bond acceptors (Lipinski definition) is 3. The van der Waals surface area contributed by atoms with Crippen LogP contribution in [0.15, 0.2) is 59.7 Å². The van der Waals surface area contributed by atoms with Crippen LogP contribution in [-0.2, 0) is 4.79 Å². The van der Waals surface area contributed by atoms with Gasteiger partial charge in [0.25, 0.3) is 5.91 Å². The maximum atomic E-state index is 11.9. The molecule has 6 heteroatoms. The Bertz CT molecular complexity index is 746. The van der Waals surface area contributed by atoms with E-state index in [9.17, 15) is 4.79 Å². The summed E-state index contributed by atoms with van der Waals surface area (Å²) in [4.78, 5) is 11.9. The number of hydrogen-bond donors (Lipinski definition) is 1. The Kier molecular flexibility index (Phi) is 6.85. The van der Waals surface area contributed by atoms with Crippen molar-refractivity contribution in [3.63, 3.8) is 0 Å². The van der Waals surface area contributed by atoms with Crippen molar-refractivity contribution in [1.29, 1.82) is 0 Å². The molecule has 0 aromatic heterocycles. The summed E-state index contributed by atoms with van der Waals surface area (Å²) in [6.45, 7) is 1.61. The first-order chi connectivity index (χ1) is 11.6. The van der Waals surface area contributed by atoms with E-state index in [1.807, 2.05) is 36.4 Å². The zero-order chi connectivity index (χ0) is 17.4. The fourth-order valence-electron chi connectivity index (χ4n) is 1.77. The number of allylic oxidation sites excluding steroid dienone is 1. The first-order valence-electron chi connectivity index (χ1n) is 7.22. The van der Waals surface area contributed by atoms with Gasteiger partial charge in [-0.3, -0.25) is 4.79 Å². The second-order valence-corrected chi connectivity index (χ2v) is 5.70. The monoisotopic (exact) mass is 362 g/mol. The number of rotatable bonds is 6. The number of nitrogens with one attached hydrogen (secondary N) is 1. The Balaban J connectivity index is 1.83. The van der Waals surface area contributed by atoms with Gasteiger partial charge in [0.1, 0.15) is 5.75 Å². The third-order valence-electron chi connectivity index (χ3n) is 2.99. The topological polar surface area (TPSA) is 50.7 Å². The van der Waals surface area contributed by atoms with Crippen molar-refractivity contribution in [1.82, 2.24) is 5.43 Å². The van der Waals surface area contributed by atoms with Gasteiger partial charge in [0.05, 0.1) is 5.02 Å². The van der Waals surface area contributed by atoms with Crippen LogP contribution in [0.5, 0.6) is 5.75 Å². The minimum atomic E-state index is -0.751. The zero-order valence-electron chi connectivity index (χ0n) is 12.9. The molecule has 0 radical (unpaired) electrons. The molecule has 0 aliphatic carbocycles. The predicted octanol–water partition coefficient (Wildman–Crippen LogP) is 4.58. The number of amides is 1. The van der Waals surface area contributed by atoms with Gasteiger partial charge in [-0.25, -0.2) is 5.43 Å². The maximum absolute atomic E-state index is 11.9. The Morgan fingerprint density at radius 1 is 1.21 bits per heavy atom. The summed E-state index contributed by atoms with van der Waals surface area (Å²) >= 11 is 11.8. The largest absolute Gasteiger partial charge is 0.479 e. The highest BCUT2D eigenvalue weighted by Crippen LogP contribution is 2.28. The lowest BCUT2D eigenvalue weighted by atomic mass is 10.2. The molecule has 0 bridgehead atoms. The number of carbonyl (C=O) groups excluding carboxylic acids is 1. The highest BCUT2D eigenvalue weighted by molar-refractivity contribution is 6.35. The van der Waals surface area contributed by atoms with Gasteiger partial charge < -0.3 is 4.74 Å². The molecular weight excluding hydrogens is 347 g/mol. The Labute approximate surface area is 150 Å². The quantitative estimate of drug-likeness (QED) is 0.604. The molecule has 0 aliphatic rings. The van der Waals surface area contributed by atoms with Crippen LogP contribution in [0.4, 0.5) is 0 Å². The summed E-state index contributed by atoms with van der Waals surface area (Å²) in [5.41, 5.74) is 3.45. The second-order valence-electron chi connectivity index (χ2n) is 4.86. The lowest BCUT2D eigenvalue weighted by molar-refractivity contribution is -0.127. The van der Waals surface area contributed by atoms with Crippen molar-refractivity contribution >= 4 is 41.4 Å². The van der Waals surface area contributed by atoms with E-state index in [0.717, 1.165) is 5.56 Å². The molecule has 1 unspecified atom stereocenters. The average molecular weight is 363 g/mol. The van der Waals surface area contributed by atoms with E-state index in [-0.39, 0.29) is 5.91 Å². The van der Waals surface area contributed by atoms with Crippen molar-refractivity contribution in [2.75, 3.05) is 0 Å². The molecule has 0 aliphatic heterocycles. The minimum absolute atomic E-state index is 0.344. The van der Waals surface area contributed by atoms with E-state index < -0.39 is 6.10 Å². The molecule has 4 nitrogen and oxygen atoms in total. The smallest absolute Gasteiger partial charge is 0.280 e. The van der Waals surface area contributed by atoms with Crippen LogP contribution in [0.1, 0.15) is 12.5 Å². The zero-order valence-corrected chi connectivity index (χ0v) is 14.5. The van der Waals surface area contributed by atoms with E-state index in [0.29, 0.717) is 15.8 Å². The van der Waals surface area contributed by atoms with Gasteiger partial charge in [0.15, 0.2) is 6.10 Å². The van der Waals surface area contributed by atoms with Crippen LogP contribution in [-0.4, -0.2) is 18.2 Å². The standard InChI is InChI=1S/C18H16Cl2N2O2/c1-13(24-17-10-9-15(19)12-16(17)20)18(23)22-21-11-5-8-14-6-3-2-4-7-14/h2-13H,1H3,(H,22,23). The molecule has 0 heterocycles. The lowest BCUT2D eigenvalue weighted by Gasteiger charge is -2.14. The van der Waals surface area contributed by atoms with Crippen LogP contribution in [0.3, 0.4) is 0 Å². The van der Waals surface area contributed by atoms with Gasteiger partial charge >= 0.3 is 0 Å². The summed E-state index contributed by atoms with van der Waals surface area (Å²) in [5.74, 6) is 0.00190. The third kappa shape index (κ3) is 5.72. The molecule has 0 spiro atoms. The molecule has 0 saturated carbocycles. The number of halogens is 2. The fourth-order valence-corrected chi connectivity index (χ4v) is 2.22. The van der Waals surface area contributed by atoms with Gasteiger partial charge in [0.2, 0.25) is 0 Å². The molecule has 1 N–H and O–H groups in total. The SMILES string of the molecule is CC(Oc1ccc(Cl)cc1Cl)C(=O)NN=CC=Cc1ccccc1. The first-order valence-corrected chi connectivity index (χ1v) is 7.98. The lowest BCUT2D eigenvalue weighted by Crippen LogP contribution is -2.33. The Morgan fingerprint density at radius 3 is 2.67 bits per heavy atom. The molecule has 124 valence electrons. The van der Waals surface area contributed by atoms with Gasteiger partial charge in [0, 0.05) is 11.2 Å². The number of benzene rings is 2. The van der Waals surface area contributed by atoms with Gasteiger partial charge in [-0.15, -0.1) is 0 Å². The molecule has 24 heavy (non-hydrogen) atoms. The fraction of sp³-hybridized carbons (Fsp3) is 0.111. The van der Waals surface area contributed by atoms with Crippen molar-refractivity contribution in [3.8, 4) is 5.75 Å². The molecule has 0 saturated heterocycles. The van der Waals surface area contributed by atoms with E-state index >= 15 is 0 Å². The molecular formula is C18H16Cl2N2O2. The predicted molar refractivity (Wildman–Crippen MR) is 98.7 cm³/mol. The molecule has 1 amide bonds. The van der Waals surface area contributed by atoms with Gasteiger partial charge in [-0.1, -0.05) is 59.6 Å². The highest BCUT2D eigenvalue weighted by Gasteiger charge is 2.15. The maximum Gasteiger partial charge on any atom is 0.280 e. The van der Waals surface area contributed by atoms with Crippen molar-refractivity contribution in [2.24, 2.45) is 5.10 Å². The Morgan fingerprint density at radius 2 is 1.96 bits per heavy atom. The molecule has 1 atom stereocenters. The van der Waals surface area contributed by atoms with E-state index in [1.165, 1.54) is 6.21 Å². The molecule has 2 aromatic carbocycles. The van der Waals surface area contributed by atoms with Crippen LogP contribution in [0.2, 0.25) is 10.0 Å². The van der Waals surface area contributed by atoms with Crippen molar-refractivity contribution in [2.45, 2.75) is 13.0 Å². The number of ether oxygens (including phenoxy) is 1. The van der Waals surface area contributed by atoms with E-state index in [4.69, 9.17) is 27.9 Å². The summed E-state index contributed by atoms with van der Waals surface area (Å²) in [7, 11) is 0. The summed E-state index contributed by atoms with van der Waals surface area (Å²) in [6, 6.07) is 14.6. The van der Waals surface area contributed by atoms with Crippen LogP contribution in [0.25, 0.3) is 6.08 Å². The third-order valence-corrected chi connectivity index (χ3v) is 3.52. The summed E-state index contributed by atoms with van der Waals surface area (Å²) < 4.78 is 5.49. The number of nitrogens with zero attached hydrogens (tertiary/aromatic N) is 1. The van der Waals surface area contributed by atoms with E-state index in [1.54, 1.807) is 31.2 Å². The van der Waals surface area contributed by atoms with E-state index in [2.05, 4.69) is 10.5 Å². The van der Waals surface area contributed by atoms with Gasteiger partial charge in [-0.2, -0.15) is 5.10 Å². The Hall–Kier alpha value is -2.30. The average Bonchev–Trinajstić information content (AvgIpc) is 2.57. The number of hydrazone groups is 1. The number of carbonyl (C=O) groups is 1. The molecule has 2 aromatic rings. The first kappa shape index (κ1) is 18.0. The summed E-state index contributed by atoms with van der Waals surface area (Å²) in [5, 5.41) is 4.68. The van der Waals surface area contributed by atoms with Crippen LogP contribution in [0, 0.1) is 0 Å². The van der Waals surface area contributed by atoms with Gasteiger partial charge in [-0.05, 0) is 36.8 Å². The van der Waals surface area contributed by atoms with Crippen LogP contribution < -0.4 is 10.2 Å². The highest BCUT2D eigenvalue weighted by atomic mass is 35.5. The second kappa shape index (κ2) is 9.11. The molecule has 0 fully saturated rings.